The molecule has 0 atom stereocenters. The van der Waals surface area contributed by atoms with Gasteiger partial charge in [-0.3, -0.25) is 0 Å². The van der Waals surface area contributed by atoms with Crippen molar-refractivity contribution in [2.75, 3.05) is 0 Å². The topological polar surface area (TPSA) is 56.7 Å². The first-order valence-electron chi connectivity index (χ1n) is 6.54. The zero-order chi connectivity index (χ0) is 11.0. The molecule has 0 aromatic carbocycles. The summed E-state index contributed by atoms with van der Waals surface area (Å²) in [7, 11) is 0. The predicted molar refractivity (Wildman–Crippen MR) is 62.0 cm³/mol. The Morgan fingerprint density at radius 1 is 1.12 bits per heavy atom. The second-order valence-electron chi connectivity index (χ2n) is 5.14. The molecule has 16 heavy (non-hydrogen) atoms. The van der Waals surface area contributed by atoms with E-state index in [4.69, 9.17) is 5.73 Å². The Hall–Kier alpha value is -0.900. The van der Waals surface area contributed by atoms with Gasteiger partial charge in [0.25, 0.3) is 0 Å². The van der Waals surface area contributed by atoms with Crippen molar-refractivity contribution in [3.63, 3.8) is 0 Å². The molecule has 2 fully saturated rings. The van der Waals surface area contributed by atoms with Crippen LogP contribution in [0.3, 0.4) is 0 Å². The molecule has 2 N–H and O–H groups in total. The standard InChI is InChI=1S/C12H20N4/c13-8-11-12(9-4-2-1-3-5-9)14-15-16(11)10-6-7-10/h9-10H,1-8,13H2. The molecular weight excluding hydrogens is 200 g/mol. The molecular formula is C12H20N4. The maximum Gasteiger partial charge on any atom is 0.0903 e. The van der Waals surface area contributed by atoms with Gasteiger partial charge in [-0.25, -0.2) is 4.68 Å². The average molecular weight is 220 g/mol. The second kappa shape index (κ2) is 4.17. The minimum atomic E-state index is 0.593. The first-order valence-corrected chi connectivity index (χ1v) is 6.54. The first-order chi connectivity index (χ1) is 7.90. The van der Waals surface area contributed by atoms with Crippen molar-refractivity contribution in [2.24, 2.45) is 5.73 Å². The van der Waals surface area contributed by atoms with Crippen LogP contribution in [0, 0.1) is 0 Å². The number of nitrogens with two attached hydrogens (primary N) is 1. The molecule has 1 aromatic heterocycles. The van der Waals surface area contributed by atoms with Crippen molar-refractivity contribution >= 4 is 0 Å². The van der Waals surface area contributed by atoms with E-state index in [1.165, 1.54) is 56.3 Å². The van der Waals surface area contributed by atoms with E-state index in [9.17, 15) is 0 Å². The first kappa shape index (κ1) is 10.3. The highest BCUT2D eigenvalue weighted by Gasteiger charge is 2.30. The van der Waals surface area contributed by atoms with Gasteiger partial charge in [0.1, 0.15) is 0 Å². The average Bonchev–Trinajstić information content (AvgIpc) is 3.09. The lowest BCUT2D eigenvalue weighted by atomic mass is 9.86. The van der Waals surface area contributed by atoms with Gasteiger partial charge in [0, 0.05) is 12.5 Å². The number of rotatable bonds is 3. The van der Waals surface area contributed by atoms with Crippen LogP contribution in [0.4, 0.5) is 0 Å². The Balaban J connectivity index is 1.87. The van der Waals surface area contributed by atoms with Gasteiger partial charge in [-0.1, -0.05) is 24.5 Å². The highest BCUT2D eigenvalue weighted by Crippen LogP contribution is 2.38. The van der Waals surface area contributed by atoms with Crippen LogP contribution in [0.2, 0.25) is 0 Å². The van der Waals surface area contributed by atoms with Crippen LogP contribution in [0.5, 0.6) is 0 Å². The number of aromatic nitrogens is 3. The SMILES string of the molecule is NCc1c(C2CCCCC2)nnn1C1CC1. The van der Waals surface area contributed by atoms with Gasteiger partial charge in [0.15, 0.2) is 0 Å². The van der Waals surface area contributed by atoms with Crippen molar-refractivity contribution in [1.82, 2.24) is 15.0 Å². The van der Waals surface area contributed by atoms with Crippen LogP contribution in [-0.2, 0) is 6.54 Å². The van der Waals surface area contributed by atoms with E-state index in [1.807, 2.05) is 0 Å². The van der Waals surface area contributed by atoms with E-state index in [1.54, 1.807) is 0 Å². The van der Waals surface area contributed by atoms with Gasteiger partial charge in [-0.05, 0) is 25.7 Å². The molecule has 4 nitrogen and oxygen atoms in total. The molecule has 0 radical (unpaired) electrons. The van der Waals surface area contributed by atoms with Crippen molar-refractivity contribution in [3.05, 3.63) is 11.4 Å². The van der Waals surface area contributed by atoms with Crippen LogP contribution < -0.4 is 5.73 Å². The second-order valence-corrected chi connectivity index (χ2v) is 5.14. The fourth-order valence-electron chi connectivity index (χ4n) is 2.83. The predicted octanol–water partition coefficient (Wildman–Crippen LogP) is 2.12. The summed E-state index contributed by atoms with van der Waals surface area (Å²) in [4.78, 5) is 0. The minimum absolute atomic E-state index is 0.593. The van der Waals surface area contributed by atoms with Crippen LogP contribution in [-0.4, -0.2) is 15.0 Å². The Kier molecular flexibility index (Phi) is 2.67. The molecule has 0 aliphatic heterocycles. The highest BCUT2D eigenvalue weighted by molar-refractivity contribution is 5.17. The molecule has 2 aliphatic rings. The Labute approximate surface area is 96.2 Å². The van der Waals surface area contributed by atoms with E-state index < -0.39 is 0 Å². The largest absolute Gasteiger partial charge is 0.325 e. The van der Waals surface area contributed by atoms with Gasteiger partial charge in [0.05, 0.1) is 17.4 Å². The minimum Gasteiger partial charge on any atom is -0.325 e. The zero-order valence-corrected chi connectivity index (χ0v) is 9.73. The number of hydrogen-bond donors (Lipinski definition) is 1. The van der Waals surface area contributed by atoms with Crippen LogP contribution in [0.1, 0.15) is 68.3 Å². The third-order valence-corrected chi connectivity index (χ3v) is 3.90. The van der Waals surface area contributed by atoms with E-state index in [0.717, 1.165) is 0 Å². The fourth-order valence-corrected chi connectivity index (χ4v) is 2.83. The fraction of sp³-hybridized carbons (Fsp3) is 0.833. The third-order valence-electron chi connectivity index (χ3n) is 3.90. The molecule has 2 aliphatic carbocycles. The molecule has 4 heteroatoms. The monoisotopic (exact) mass is 220 g/mol. The smallest absolute Gasteiger partial charge is 0.0903 e. The summed E-state index contributed by atoms with van der Waals surface area (Å²) in [5.74, 6) is 0.625. The lowest BCUT2D eigenvalue weighted by Crippen LogP contribution is -2.12. The molecule has 3 rings (SSSR count). The van der Waals surface area contributed by atoms with Gasteiger partial charge >= 0.3 is 0 Å². The van der Waals surface area contributed by atoms with E-state index in [0.29, 0.717) is 18.5 Å². The molecule has 1 aromatic rings. The van der Waals surface area contributed by atoms with Gasteiger partial charge in [-0.2, -0.15) is 0 Å². The molecule has 2 saturated carbocycles. The quantitative estimate of drug-likeness (QED) is 0.848. The number of hydrogen-bond acceptors (Lipinski definition) is 3. The normalized spacial score (nSPS) is 22.6. The molecule has 0 amide bonds. The summed E-state index contributed by atoms with van der Waals surface area (Å²) in [5.41, 5.74) is 8.27. The van der Waals surface area contributed by atoms with Crippen molar-refractivity contribution in [1.29, 1.82) is 0 Å². The van der Waals surface area contributed by atoms with Gasteiger partial charge in [0.2, 0.25) is 0 Å². The lowest BCUT2D eigenvalue weighted by Gasteiger charge is -2.20. The Morgan fingerprint density at radius 3 is 2.50 bits per heavy atom. The zero-order valence-electron chi connectivity index (χ0n) is 9.73. The Morgan fingerprint density at radius 2 is 1.88 bits per heavy atom. The van der Waals surface area contributed by atoms with Crippen molar-refractivity contribution < 1.29 is 0 Å². The lowest BCUT2D eigenvalue weighted by molar-refractivity contribution is 0.434. The van der Waals surface area contributed by atoms with Crippen molar-refractivity contribution in [3.8, 4) is 0 Å². The van der Waals surface area contributed by atoms with Crippen LogP contribution >= 0.6 is 0 Å². The summed E-state index contributed by atoms with van der Waals surface area (Å²) < 4.78 is 2.09. The van der Waals surface area contributed by atoms with E-state index in [-0.39, 0.29) is 0 Å². The van der Waals surface area contributed by atoms with Gasteiger partial charge < -0.3 is 5.73 Å². The highest BCUT2D eigenvalue weighted by atomic mass is 15.5. The van der Waals surface area contributed by atoms with Crippen molar-refractivity contribution in [2.45, 2.75) is 63.5 Å². The molecule has 1 heterocycles. The summed E-state index contributed by atoms with van der Waals surface area (Å²) in [6, 6.07) is 0.600. The molecule has 0 bridgehead atoms. The van der Waals surface area contributed by atoms with Crippen LogP contribution in [0.15, 0.2) is 0 Å². The van der Waals surface area contributed by atoms with E-state index in [2.05, 4.69) is 15.0 Å². The van der Waals surface area contributed by atoms with Crippen LogP contribution in [0.25, 0.3) is 0 Å². The molecule has 0 spiro atoms. The summed E-state index contributed by atoms with van der Waals surface area (Å²) >= 11 is 0. The third kappa shape index (κ3) is 1.75. The summed E-state index contributed by atoms with van der Waals surface area (Å²) in [6.45, 7) is 0.593. The maximum absolute atomic E-state index is 5.87. The number of nitrogens with zero attached hydrogens (tertiary/aromatic N) is 3. The van der Waals surface area contributed by atoms with Gasteiger partial charge in [-0.15, -0.1) is 5.10 Å². The molecule has 88 valence electrons. The van der Waals surface area contributed by atoms with E-state index >= 15 is 0 Å². The molecule has 0 saturated heterocycles. The Bertz CT molecular complexity index is 361. The summed E-state index contributed by atoms with van der Waals surface area (Å²) in [6.07, 6.45) is 9.11. The summed E-state index contributed by atoms with van der Waals surface area (Å²) in [5, 5.41) is 8.72. The molecule has 0 unspecified atom stereocenters. The maximum atomic E-state index is 5.87.